The van der Waals surface area contributed by atoms with Gasteiger partial charge in [0.1, 0.15) is 0 Å². The van der Waals surface area contributed by atoms with Crippen LogP contribution < -0.4 is 5.73 Å². The van der Waals surface area contributed by atoms with E-state index < -0.39 is 0 Å². The van der Waals surface area contributed by atoms with Crippen LogP contribution in [0.5, 0.6) is 0 Å². The number of carbonyl (C=O) groups excluding carboxylic acids is 1. The molecule has 4 heteroatoms. The minimum absolute atomic E-state index is 0.0133. The summed E-state index contributed by atoms with van der Waals surface area (Å²) >= 11 is 0. The van der Waals surface area contributed by atoms with Crippen molar-refractivity contribution < 1.29 is 9.53 Å². The van der Waals surface area contributed by atoms with Gasteiger partial charge in [-0.1, -0.05) is 13.3 Å². The van der Waals surface area contributed by atoms with Gasteiger partial charge in [-0.3, -0.25) is 4.79 Å². The van der Waals surface area contributed by atoms with Crippen molar-refractivity contribution in [3.63, 3.8) is 0 Å². The van der Waals surface area contributed by atoms with Crippen molar-refractivity contribution in [3.8, 4) is 0 Å². The van der Waals surface area contributed by atoms with Gasteiger partial charge >= 0.3 is 0 Å². The van der Waals surface area contributed by atoms with Gasteiger partial charge in [0.2, 0.25) is 5.91 Å². The molecule has 1 saturated heterocycles. The van der Waals surface area contributed by atoms with E-state index in [1.165, 1.54) is 12.8 Å². The van der Waals surface area contributed by atoms with Crippen molar-refractivity contribution in [3.05, 3.63) is 0 Å². The van der Waals surface area contributed by atoms with E-state index >= 15 is 0 Å². The Morgan fingerprint density at radius 2 is 2.12 bits per heavy atom. The van der Waals surface area contributed by atoms with Crippen LogP contribution in [0.1, 0.15) is 33.1 Å². The van der Waals surface area contributed by atoms with Gasteiger partial charge < -0.3 is 15.4 Å². The number of hydrogen-bond donors (Lipinski definition) is 1. The molecule has 0 bridgehead atoms. The Hall–Kier alpha value is -0.610. The van der Waals surface area contributed by atoms with Gasteiger partial charge in [0.25, 0.3) is 0 Å². The Labute approximate surface area is 103 Å². The average Bonchev–Trinajstić information content (AvgIpc) is 2.73. The molecule has 0 aromatic heterocycles. The standard InChI is InChI=1S/C13H24N2O2/c1-9-4-3-5-12(9)13(16)15-7-10(2)17-11(6-14)8-15/h9-12H,3-8,14H2,1-2H3. The molecule has 4 unspecified atom stereocenters. The third-order valence-electron chi connectivity index (χ3n) is 4.08. The van der Waals surface area contributed by atoms with E-state index in [2.05, 4.69) is 6.92 Å². The Balaban J connectivity index is 1.98. The maximum atomic E-state index is 12.4. The number of amides is 1. The molecule has 1 amide bonds. The Morgan fingerprint density at radius 1 is 1.35 bits per heavy atom. The van der Waals surface area contributed by atoms with Gasteiger partial charge in [0.15, 0.2) is 0 Å². The SMILES string of the molecule is CC1CN(C(=O)C2CCCC2C)CC(CN)O1. The minimum atomic E-state index is 0.0133. The number of carbonyl (C=O) groups is 1. The summed E-state index contributed by atoms with van der Waals surface area (Å²) < 4.78 is 5.69. The van der Waals surface area contributed by atoms with E-state index in [0.29, 0.717) is 24.9 Å². The molecule has 1 heterocycles. The van der Waals surface area contributed by atoms with E-state index in [1.54, 1.807) is 0 Å². The Bertz CT molecular complexity index is 283. The fraction of sp³-hybridized carbons (Fsp3) is 0.923. The summed E-state index contributed by atoms with van der Waals surface area (Å²) in [4.78, 5) is 14.4. The molecule has 0 aromatic rings. The summed E-state index contributed by atoms with van der Waals surface area (Å²) in [5.74, 6) is 1.10. The summed E-state index contributed by atoms with van der Waals surface area (Å²) in [6.07, 6.45) is 3.56. The van der Waals surface area contributed by atoms with Crippen molar-refractivity contribution in [2.24, 2.45) is 17.6 Å². The molecule has 0 radical (unpaired) electrons. The summed E-state index contributed by atoms with van der Waals surface area (Å²) in [5.41, 5.74) is 5.65. The zero-order valence-electron chi connectivity index (χ0n) is 10.9. The maximum Gasteiger partial charge on any atom is 0.226 e. The van der Waals surface area contributed by atoms with E-state index in [1.807, 2.05) is 11.8 Å². The molecule has 0 aromatic carbocycles. The molecule has 2 rings (SSSR count). The number of rotatable bonds is 2. The third-order valence-corrected chi connectivity index (χ3v) is 4.08. The monoisotopic (exact) mass is 240 g/mol. The lowest BCUT2D eigenvalue weighted by Crippen LogP contribution is -2.53. The average molecular weight is 240 g/mol. The number of nitrogens with zero attached hydrogens (tertiary/aromatic N) is 1. The van der Waals surface area contributed by atoms with E-state index in [9.17, 15) is 4.79 Å². The predicted octanol–water partition coefficient (Wildman–Crippen LogP) is 0.997. The van der Waals surface area contributed by atoms with Crippen molar-refractivity contribution in [2.45, 2.75) is 45.3 Å². The highest BCUT2D eigenvalue weighted by Crippen LogP contribution is 2.33. The lowest BCUT2D eigenvalue weighted by atomic mass is 9.96. The van der Waals surface area contributed by atoms with Crippen molar-refractivity contribution in [1.29, 1.82) is 0 Å². The second-order valence-corrected chi connectivity index (χ2v) is 5.56. The third kappa shape index (κ3) is 2.80. The number of nitrogens with two attached hydrogens (primary N) is 1. The highest BCUT2D eigenvalue weighted by atomic mass is 16.5. The predicted molar refractivity (Wildman–Crippen MR) is 66.5 cm³/mol. The van der Waals surface area contributed by atoms with Crippen LogP contribution in [0.25, 0.3) is 0 Å². The molecular formula is C13H24N2O2. The highest BCUT2D eigenvalue weighted by Gasteiger charge is 2.36. The molecule has 1 aliphatic heterocycles. The molecular weight excluding hydrogens is 216 g/mol. The lowest BCUT2D eigenvalue weighted by Gasteiger charge is -2.38. The van der Waals surface area contributed by atoms with Crippen molar-refractivity contribution >= 4 is 5.91 Å². The van der Waals surface area contributed by atoms with E-state index in [4.69, 9.17) is 10.5 Å². The van der Waals surface area contributed by atoms with Gasteiger partial charge in [-0.15, -0.1) is 0 Å². The quantitative estimate of drug-likeness (QED) is 0.783. The Morgan fingerprint density at radius 3 is 2.71 bits per heavy atom. The number of ether oxygens (including phenoxy) is 1. The Kier molecular flexibility index (Phi) is 4.05. The minimum Gasteiger partial charge on any atom is -0.370 e. The normalized spacial score (nSPS) is 38.4. The molecule has 2 aliphatic rings. The molecule has 0 spiro atoms. The molecule has 98 valence electrons. The first kappa shape index (κ1) is 12.8. The molecule has 2 fully saturated rings. The lowest BCUT2D eigenvalue weighted by molar-refractivity contribution is -0.148. The van der Waals surface area contributed by atoms with Gasteiger partial charge in [-0.05, 0) is 25.7 Å². The second-order valence-electron chi connectivity index (χ2n) is 5.56. The number of morpholine rings is 1. The van der Waals surface area contributed by atoms with Crippen LogP contribution in [0, 0.1) is 11.8 Å². The van der Waals surface area contributed by atoms with E-state index in [-0.39, 0.29) is 18.1 Å². The van der Waals surface area contributed by atoms with Crippen LogP contribution >= 0.6 is 0 Å². The molecule has 1 saturated carbocycles. The summed E-state index contributed by atoms with van der Waals surface area (Å²) in [6.45, 7) is 6.09. The van der Waals surface area contributed by atoms with Crippen LogP contribution in [0.3, 0.4) is 0 Å². The smallest absolute Gasteiger partial charge is 0.226 e. The zero-order chi connectivity index (χ0) is 12.4. The fourth-order valence-electron chi connectivity index (χ4n) is 3.10. The first-order valence-corrected chi connectivity index (χ1v) is 6.76. The van der Waals surface area contributed by atoms with Crippen LogP contribution in [-0.2, 0) is 9.53 Å². The van der Waals surface area contributed by atoms with Crippen molar-refractivity contribution in [1.82, 2.24) is 4.90 Å². The topological polar surface area (TPSA) is 55.6 Å². The van der Waals surface area contributed by atoms with Crippen LogP contribution in [0.2, 0.25) is 0 Å². The first-order valence-electron chi connectivity index (χ1n) is 6.76. The van der Waals surface area contributed by atoms with Gasteiger partial charge in [-0.25, -0.2) is 0 Å². The van der Waals surface area contributed by atoms with Crippen LogP contribution in [0.4, 0.5) is 0 Å². The summed E-state index contributed by atoms with van der Waals surface area (Å²) in [6, 6.07) is 0. The summed E-state index contributed by atoms with van der Waals surface area (Å²) in [7, 11) is 0. The molecule has 2 N–H and O–H groups in total. The number of hydrogen-bond acceptors (Lipinski definition) is 3. The molecule has 4 nitrogen and oxygen atoms in total. The van der Waals surface area contributed by atoms with Crippen LogP contribution in [0.15, 0.2) is 0 Å². The molecule has 17 heavy (non-hydrogen) atoms. The maximum absolute atomic E-state index is 12.4. The summed E-state index contributed by atoms with van der Waals surface area (Å²) in [5, 5.41) is 0. The highest BCUT2D eigenvalue weighted by molar-refractivity contribution is 5.79. The molecule has 1 aliphatic carbocycles. The van der Waals surface area contributed by atoms with Crippen molar-refractivity contribution in [2.75, 3.05) is 19.6 Å². The fourth-order valence-corrected chi connectivity index (χ4v) is 3.10. The van der Waals surface area contributed by atoms with E-state index in [0.717, 1.165) is 13.0 Å². The van der Waals surface area contributed by atoms with Gasteiger partial charge in [0.05, 0.1) is 12.2 Å². The second kappa shape index (κ2) is 5.36. The van der Waals surface area contributed by atoms with Gasteiger partial charge in [-0.2, -0.15) is 0 Å². The van der Waals surface area contributed by atoms with Gasteiger partial charge in [0, 0.05) is 25.6 Å². The molecule has 4 atom stereocenters. The zero-order valence-corrected chi connectivity index (χ0v) is 10.9. The first-order chi connectivity index (χ1) is 8.11. The van der Waals surface area contributed by atoms with Crippen LogP contribution in [-0.4, -0.2) is 42.6 Å². The largest absolute Gasteiger partial charge is 0.370 e.